The predicted molar refractivity (Wildman–Crippen MR) is 73.3 cm³/mol. The standard InChI is InChI=1S/C15H16FNO2/c1-18-14-8-7-12(9-15(14)19-2)17-10-11-5-3-4-6-13(11)16/h3-9,17H,10H2,1-2H3. The van der Waals surface area contributed by atoms with E-state index in [9.17, 15) is 4.39 Å². The van der Waals surface area contributed by atoms with Gasteiger partial charge >= 0.3 is 0 Å². The zero-order valence-corrected chi connectivity index (χ0v) is 10.9. The number of methoxy groups -OCH3 is 2. The number of ether oxygens (including phenoxy) is 2. The van der Waals surface area contributed by atoms with Gasteiger partial charge in [-0.3, -0.25) is 0 Å². The first-order valence-electron chi connectivity index (χ1n) is 5.94. The second-order valence-electron chi connectivity index (χ2n) is 4.01. The molecule has 2 rings (SSSR count). The van der Waals surface area contributed by atoms with Gasteiger partial charge in [-0.15, -0.1) is 0 Å². The normalized spacial score (nSPS) is 10.1. The summed E-state index contributed by atoms with van der Waals surface area (Å²) in [6.45, 7) is 0.419. The Morgan fingerprint density at radius 2 is 1.74 bits per heavy atom. The highest BCUT2D eigenvalue weighted by atomic mass is 19.1. The Morgan fingerprint density at radius 1 is 1.00 bits per heavy atom. The average molecular weight is 261 g/mol. The third kappa shape index (κ3) is 3.16. The highest BCUT2D eigenvalue weighted by molar-refractivity contribution is 5.54. The molecule has 2 aromatic rings. The maximum absolute atomic E-state index is 13.5. The largest absolute Gasteiger partial charge is 0.493 e. The van der Waals surface area contributed by atoms with Gasteiger partial charge in [0.05, 0.1) is 14.2 Å². The second kappa shape index (κ2) is 6.09. The molecule has 1 N–H and O–H groups in total. The van der Waals surface area contributed by atoms with Gasteiger partial charge in [-0.2, -0.15) is 0 Å². The van der Waals surface area contributed by atoms with Gasteiger partial charge in [0.15, 0.2) is 11.5 Å². The van der Waals surface area contributed by atoms with Crippen molar-refractivity contribution in [2.24, 2.45) is 0 Å². The van der Waals surface area contributed by atoms with Crippen molar-refractivity contribution >= 4 is 5.69 Å². The Balaban J connectivity index is 2.10. The molecule has 3 nitrogen and oxygen atoms in total. The van der Waals surface area contributed by atoms with E-state index in [1.165, 1.54) is 6.07 Å². The number of hydrogen-bond donors (Lipinski definition) is 1. The van der Waals surface area contributed by atoms with Crippen molar-refractivity contribution in [3.8, 4) is 11.5 Å². The van der Waals surface area contributed by atoms with Gasteiger partial charge in [-0.1, -0.05) is 18.2 Å². The van der Waals surface area contributed by atoms with Crippen molar-refractivity contribution < 1.29 is 13.9 Å². The van der Waals surface area contributed by atoms with E-state index in [2.05, 4.69) is 5.32 Å². The minimum absolute atomic E-state index is 0.213. The summed E-state index contributed by atoms with van der Waals surface area (Å²) in [5.41, 5.74) is 1.47. The molecule has 2 aromatic carbocycles. The summed E-state index contributed by atoms with van der Waals surface area (Å²) in [5.74, 6) is 1.09. The quantitative estimate of drug-likeness (QED) is 0.894. The molecular formula is C15H16FNO2. The smallest absolute Gasteiger partial charge is 0.162 e. The van der Waals surface area contributed by atoms with E-state index in [0.717, 1.165) is 5.69 Å². The van der Waals surface area contributed by atoms with Crippen LogP contribution in [0.2, 0.25) is 0 Å². The monoisotopic (exact) mass is 261 g/mol. The van der Waals surface area contributed by atoms with Crippen molar-refractivity contribution in [2.45, 2.75) is 6.54 Å². The van der Waals surface area contributed by atoms with Crippen molar-refractivity contribution in [1.29, 1.82) is 0 Å². The Bertz CT molecular complexity index is 558. The van der Waals surface area contributed by atoms with Crippen molar-refractivity contribution in [3.63, 3.8) is 0 Å². The van der Waals surface area contributed by atoms with Crippen molar-refractivity contribution in [1.82, 2.24) is 0 Å². The van der Waals surface area contributed by atoms with Gasteiger partial charge in [0.2, 0.25) is 0 Å². The minimum atomic E-state index is -0.213. The first-order chi connectivity index (χ1) is 9.24. The lowest BCUT2D eigenvalue weighted by molar-refractivity contribution is 0.355. The molecule has 0 saturated carbocycles. The molecule has 0 aliphatic rings. The summed E-state index contributed by atoms with van der Waals surface area (Å²) in [7, 11) is 3.17. The van der Waals surface area contributed by atoms with Crippen LogP contribution < -0.4 is 14.8 Å². The molecule has 0 radical (unpaired) electrons. The van der Waals surface area contributed by atoms with Gasteiger partial charge in [0.1, 0.15) is 5.82 Å². The van der Waals surface area contributed by atoms with E-state index >= 15 is 0 Å². The number of nitrogens with one attached hydrogen (secondary N) is 1. The fraction of sp³-hybridized carbons (Fsp3) is 0.200. The third-order valence-corrected chi connectivity index (χ3v) is 2.82. The summed E-state index contributed by atoms with van der Waals surface area (Å²) in [6.07, 6.45) is 0. The van der Waals surface area contributed by atoms with E-state index in [1.807, 2.05) is 24.3 Å². The maximum Gasteiger partial charge on any atom is 0.162 e. The van der Waals surface area contributed by atoms with Crippen LogP contribution in [0, 0.1) is 5.82 Å². The Labute approximate surface area is 112 Å². The molecular weight excluding hydrogens is 245 g/mol. The Kier molecular flexibility index (Phi) is 4.23. The molecule has 0 aromatic heterocycles. The molecule has 0 saturated heterocycles. The summed E-state index contributed by atoms with van der Waals surface area (Å²) in [6, 6.07) is 12.2. The van der Waals surface area contributed by atoms with Crippen LogP contribution in [0.15, 0.2) is 42.5 Å². The van der Waals surface area contributed by atoms with E-state index in [-0.39, 0.29) is 5.82 Å². The molecule has 100 valence electrons. The van der Waals surface area contributed by atoms with E-state index < -0.39 is 0 Å². The first kappa shape index (κ1) is 13.2. The summed E-state index contributed by atoms with van der Waals surface area (Å²) in [4.78, 5) is 0. The molecule has 0 aliphatic heterocycles. The van der Waals surface area contributed by atoms with Gasteiger partial charge in [-0.25, -0.2) is 4.39 Å². The molecule has 19 heavy (non-hydrogen) atoms. The Morgan fingerprint density at radius 3 is 2.42 bits per heavy atom. The van der Waals surface area contributed by atoms with Crippen molar-refractivity contribution in [3.05, 3.63) is 53.8 Å². The summed E-state index contributed by atoms with van der Waals surface area (Å²) < 4.78 is 23.8. The van der Waals surface area contributed by atoms with Crippen LogP contribution in [0.3, 0.4) is 0 Å². The lowest BCUT2D eigenvalue weighted by atomic mass is 10.2. The number of halogens is 1. The van der Waals surface area contributed by atoms with E-state index in [1.54, 1.807) is 26.4 Å². The molecule has 0 spiro atoms. The van der Waals surface area contributed by atoms with Crippen LogP contribution in [0.5, 0.6) is 11.5 Å². The minimum Gasteiger partial charge on any atom is -0.493 e. The number of hydrogen-bond acceptors (Lipinski definition) is 3. The molecule has 0 atom stereocenters. The van der Waals surface area contributed by atoms with E-state index in [4.69, 9.17) is 9.47 Å². The second-order valence-corrected chi connectivity index (χ2v) is 4.01. The Hall–Kier alpha value is -2.23. The number of rotatable bonds is 5. The molecule has 0 fully saturated rings. The van der Waals surface area contributed by atoms with Crippen LogP contribution in [0.4, 0.5) is 10.1 Å². The molecule has 0 bridgehead atoms. The lowest BCUT2D eigenvalue weighted by Gasteiger charge is -2.11. The van der Waals surface area contributed by atoms with Crippen molar-refractivity contribution in [2.75, 3.05) is 19.5 Å². The highest BCUT2D eigenvalue weighted by Crippen LogP contribution is 2.29. The number of anilines is 1. The third-order valence-electron chi connectivity index (χ3n) is 2.82. The van der Waals surface area contributed by atoms with Gasteiger partial charge in [-0.05, 0) is 18.2 Å². The first-order valence-corrected chi connectivity index (χ1v) is 5.94. The zero-order chi connectivity index (χ0) is 13.7. The van der Waals surface area contributed by atoms with Gasteiger partial charge in [0, 0.05) is 23.9 Å². The topological polar surface area (TPSA) is 30.5 Å². The molecule has 4 heteroatoms. The van der Waals surface area contributed by atoms with Crippen LogP contribution in [0.1, 0.15) is 5.56 Å². The molecule has 0 aliphatic carbocycles. The van der Waals surface area contributed by atoms with Crippen LogP contribution in [-0.4, -0.2) is 14.2 Å². The van der Waals surface area contributed by atoms with E-state index in [0.29, 0.717) is 23.6 Å². The van der Waals surface area contributed by atoms with Crippen LogP contribution >= 0.6 is 0 Å². The van der Waals surface area contributed by atoms with Crippen LogP contribution in [-0.2, 0) is 6.54 Å². The number of benzene rings is 2. The fourth-order valence-corrected chi connectivity index (χ4v) is 1.79. The molecule has 0 unspecified atom stereocenters. The molecule has 0 heterocycles. The average Bonchev–Trinajstić information content (AvgIpc) is 2.46. The SMILES string of the molecule is COc1ccc(NCc2ccccc2F)cc1OC. The molecule has 0 amide bonds. The highest BCUT2D eigenvalue weighted by Gasteiger charge is 2.05. The fourth-order valence-electron chi connectivity index (χ4n) is 1.79. The maximum atomic E-state index is 13.5. The van der Waals surface area contributed by atoms with Crippen LogP contribution in [0.25, 0.3) is 0 Å². The lowest BCUT2D eigenvalue weighted by Crippen LogP contribution is -2.02. The summed E-state index contributed by atoms with van der Waals surface area (Å²) in [5, 5.41) is 3.15. The predicted octanol–water partition coefficient (Wildman–Crippen LogP) is 3.46. The van der Waals surface area contributed by atoms with Gasteiger partial charge < -0.3 is 14.8 Å². The summed E-state index contributed by atoms with van der Waals surface area (Å²) >= 11 is 0. The van der Waals surface area contributed by atoms with Gasteiger partial charge in [0.25, 0.3) is 0 Å². The zero-order valence-electron chi connectivity index (χ0n) is 10.9.